The number of hydrogen-bond acceptors (Lipinski definition) is 10. The average Bonchev–Trinajstić information content (AvgIpc) is 1.54. The van der Waals surface area contributed by atoms with Gasteiger partial charge in [-0.15, -0.1) is 0 Å². The number of carbonyl (C=O) groups is 4. The van der Waals surface area contributed by atoms with Gasteiger partial charge in [0.2, 0.25) is 11.6 Å². The van der Waals surface area contributed by atoms with Gasteiger partial charge in [-0.1, -0.05) is 269 Å². The molecule has 0 aliphatic heterocycles. The molecule has 0 bridgehead atoms. The van der Waals surface area contributed by atoms with Crippen LogP contribution in [0.15, 0.2) is 188 Å². The quantitative estimate of drug-likeness (QED) is 0.0234. The van der Waals surface area contributed by atoms with Crippen molar-refractivity contribution in [2.24, 2.45) is 23.7 Å². The van der Waals surface area contributed by atoms with Crippen LogP contribution in [0.25, 0.3) is 43.8 Å². The molecule has 11 rings (SSSR count). The molecule has 10 nitrogen and oxygen atoms in total. The van der Waals surface area contributed by atoms with E-state index >= 15 is 0 Å². The predicted molar refractivity (Wildman–Crippen MR) is 446 cm³/mol. The first-order valence-corrected chi connectivity index (χ1v) is 40.9. The molecule has 9 aromatic carbocycles. The maximum absolute atomic E-state index is 14.9. The molecule has 0 radical (unpaired) electrons. The van der Waals surface area contributed by atoms with E-state index in [2.05, 4.69) is 180 Å². The maximum atomic E-state index is 14.9. The van der Waals surface area contributed by atoms with Gasteiger partial charge in [0.25, 0.3) is 0 Å². The molecule has 2 N–H and O–H groups in total. The molecule has 0 heterocycles. The number of hydrogen-bond donors (Lipinski definition) is 1. The van der Waals surface area contributed by atoms with Gasteiger partial charge in [-0.3, -0.25) is 19.2 Å². The minimum absolute atomic E-state index is 0. The number of rotatable bonds is 34. The van der Waals surface area contributed by atoms with Gasteiger partial charge in [-0.05, 0) is 201 Å². The Hall–Kier alpha value is -5.40. The number of ether oxygens (including phenoxy) is 4. The largest absolute Gasteiger partial charge is 1.00 e. The summed E-state index contributed by atoms with van der Waals surface area (Å²) in [4.78, 5) is 51.7. The Morgan fingerprint density at radius 1 is 0.349 bits per heavy atom. The summed E-state index contributed by atoms with van der Waals surface area (Å²) in [5.41, 5.74) is 7.85. The Kier molecular flexibility index (Phi) is 39.1. The number of halogens is 4. The summed E-state index contributed by atoms with van der Waals surface area (Å²) in [5.74, 6) is 5.15. The van der Waals surface area contributed by atoms with Crippen LogP contribution in [0.1, 0.15) is 201 Å². The van der Waals surface area contributed by atoms with Crippen LogP contribution < -0.4 is 80.8 Å². The molecular weight excluding hydrogens is 1610 g/mol. The van der Waals surface area contributed by atoms with E-state index in [9.17, 15) is 19.2 Å². The summed E-state index contributed by atoms with van der Waals surface area (Å²) < 4.78 is 28.1. The summed E-state index contributed by atoms with van der Waals surface area (Å²) >= 11 is 14.1. The van der Waals surface area contributed by atoms with Crippen LogP contribution in [0.5, 0.6) is 23.0 Å². The molecule has 558 valence electrons. The SMILES string of the molecule is CCCCC(CC)COc1ccc(C2=c3c(c4cc(Br)ccc4c4ccc(Br)cc34)=C(c3ccc(OCC(CC)CCCC)cc3)C2=O)cc1.CCCCC(CC)COc1ccc(CC(=O)Cc2ccc(OCC(CC)CCCC)cc2)cc1.CO.O=C1C(=O)c2cc(Br)ccc2-c2ccc(Br)cc21.[K+].[OH-]. The predicted octanol–water partition coefficient (Wildman–Crippen LogP) is 20.6. The van der Waals surface area contributed by atoms with Crippen molar-refractivity contribution in [1.29, 1.82) is 0 Å². The average molecular weight is 1720 g/mol. The van der Waals surface area contributed by atoms with E-state index in [0.717, 1.165) is 163 Å². The van der Waals surface area contributed by atoms with Crippen molar-refractivity contribution in [3.05, 3.63) is 232 Å². The van der Waals surface area contributed by atoms with Crippen molar-refractivity contribution in [3.63, 3.8) is 0 Å². The third-order valence-corrected chi connectivity index (χ3v) is 22.0. The van der Waals surface area contributed by atoms with Crippen molar-refractivity contribution in [3.8, 4) is 34.1 Å². The first-order valence-electron chi connectivity index (χ1n) is 37.7. The number of aliphatic hydroxyl groups excluding tert-OH is 1. The van der Waals surface area contributed by atoms with Gasteiger partial charge < -0.3 is 29.5 Å². The van der Waals surface area contributed by atoms with Crippen molar-refractivity contribution in [2.75, 3.05) is 33.5 Å². The normalized spacial score (nSPS) is 13.0. The second kappa shape index (κ2) is 46.3. The molecule has 4 unspecified atom stereocenters. The van der Waals surface area contributed by atoms with Crippen LogP contribution in [0.2, 0.25) is 0 Å². The number of carbonyl (C=O) groups excluding carboxylic acids is 4. The zero-order valence-corrected chi connectivity index (χ0v) is 73.2. The fourth-order valence-electron chi connectivity index (χ4n) is 13.5. The van der Waals surface area contributed by atoms with E-state index in [1.807, 2.05) is 97.1 Å². The minimum Gasteiger partial charge on any atom is -0.870 e. The Morgan fingerprint density at radius 2 is 0.623 bits per heavy atom. The summed E-state index contributed by atoms with van der Waals surface area (Å²) in [6.07, 6.45) is 20.1. The Balaban J connectivity index is 0.000000270. The number of benzene rings is 9. The van der Waals surface area contributed by atoms with Crippen LogP contribution in [-0.4, -0.2) is 67.3 Å². The topological polar surface area (TPSA) is 155 Å². The minimum atomic E-state index is -0.447. The second-order valence-corrected chi connectivity index (χ2v) is 31.0. The molecule has 9 aromatic rings. The van der Waals surface area contributed by atoms with Crippen LogP contribution in [0.3, 0.4) is 0 Å². The van der Waals surface area contributed by atoms with Gasteiger partial charge in [-0.25, -0.2) is 0 Å². The summed E-state index contributed by atoms with van der Waals surface area (Å²) in [5, 5.41) is 13.3. The Morgan fingerprint density at radius 3 is 0.906 bits per heavy atom. The zero-order chi connectivity index (χ0) is 74.7. The standard InChI is InChI=1S/C45H48Br2O3.C31H46O3.C14H6Br2O2.CH4O.K.H2O/c1-5-9-11-29(7-3)27-49-35-19-13-31(14-20-35)41-43-39-25-33(46)17-23-37(39)38-24-18-34(47)26-40(38)44(43)42(45(41)48)32-15-21-36(22-16-32)50-28-30(8-4)12-10-6-2;1-5-9-11-25(7-3)23-33-30-17-13-27(14-18-30)21-29(32)22-28-15-19-31(20-16-28)34-24-26(8-4)12-10-6-2;15-7-1-3-9-10-4-2-8(16)6-12(10)14(18)13(17)11(9)5-7;1-2;;/h13-26,29-30H,5-12,27-28H2,1-4H3;13-20,25-26H,5-12,21-24H2,1-4H3;1-6H;2H,1H3;;1H2/q;;;;+1;/p-1. The molecule has 2 aliphatic rings. The fraction of sp³-hybridized carbons (Fsp3) is 0.385. The number of Topliss-reactive ketones (excluding diaryl/α,β-unsaturated/α-hetero) is 4. The van der Waals surface area contributed by atoms with E-state index in [1.54, 1.807) is 12.1 Å². The third kappa shape index (κ3) is 24.8. The van der Waals surface area contributed by atoms with E-state index < -0.39 is 11.6 Å². The van der Waals surface area contributed by atoms with Crippen molar-refractivity contribution < 1.29 is 100 Å². The Bertz CT molecular complexity index is 4160. The fourth-order valence-corrected chi connectivity index (χ4v) is 15.0. The number of aliphatic hydroxyl groups is 1. The molecule has 2 aliphatic carbocycles. The molecule has 0 spiro atoms. The van der Waals surface area contributed by atoms with Gasteiger partial charge in [0.15, 0.2) is 5.78 Å². The molecule has 0 aromatic heterocycles. The summed E-state index contributed by atoms with van der Waals surface area (Å²) in [6, 6.07) is 55.9. The van der Waals surface area contributed by atoms with Crippen LogP contribution >= 0.6 is 63.7 Å². The molecule has 0 amide bonds. The third-order valence-electron chi connectivity index (χ3n) is 20.0. The second-order valence-electron chi connectivity index (χ2n) is 27.4. The summed E-state index contributed by atoms with van der Waals surface area (Å²) in [6.45, 7) is 20.8. The van der Waals surface area contributed by atoms with Gasteiger partial charge in [-0.2, -0.15) is 0 Å². The first-order chi connectivity index (χ1) is 50.5. The maximum Gasteiger partial charge on any atom is 1.00 e. The van der Waals surface area contributed by atoms with E-state index in [1.165, 1.54) is 77.0 Å². The van der Waals surface area contributed by atoms with Crippen molar-refractivity contribution >= 4 is 120 Å². The van der Waals surface area contributed by atoms with E-state index in [0.29, 0.717) is 60.9 Å². The van der Waals surface area contributed by atoms with E-state index in [4.69, 9.17) is 24.1 Å². The first kappa shape index (κ1) is 89.5. The van der Waals surface area contributed by atoms with Crippen LogP contribution in [0, 0.1) is 23.7 Å². The number of unbranched alkanes of at least 4 members (excludes halogenated alkanes) is 4. The molecular formula is C91H105Br4KO10. The van der Waals surface area contributed by atoms with Gasteiger partial charge in [0.1, 0.15) is 28.8 Å². The molecule has 4 atom stereocenters. The molecule has 0 fully saturated rings. The smallest absolute Gasteiger partial charge is 0.870 e. The number of ketones is 4. The van der Waals surface area contributed by atoms with Crippen LogP contribution in [0.4, 0.5) is 0 Å². The monoisotopic (exact) mass is 1710 g/mol. The Labute approximate surface area is 705 Å². The number of fused-ring (bicyclic) bond motifs is 9. The molecule has 0 saturated carbocycles. The van der Waals surface area contributed by atoms with Gasteiger partial charge in [0.05, 0.1) is 26.4 Å². The van der Waals surface area contributed by atoms with Gasteiger partial charge >= 0.3 is 51.4 Å². The molecule has 0 saturated heterocycles. The summed E-state index contributed by atoms with van der Waals surface area (Å²) in [7, 11) is 1.00. The van der Waals surface area contributed by atoms with Crippen LogP contribution in [-0.2, 0) is 22.4 Å². The van der Waals surface area contributed by atoms with Gasteiger partial charge in [0, 0.05) is 70.6 Å². The molecule has 15 heteroatoms. The molecule has 106 heavy (non-hydrogen) atoms. The van der Waals surface area contributed by atoms with E-state index in [-0.39, 0.29) is 68.4 Å². The zero-order valence-electron chi connectivity index (χ0n) is 63.7. The van der Waals surface area contributed by atoms with Crippen molar-refractivity contribution in [2.45, 2.75) is 171 Å². The van der Waals surface area contributed by atoms with Crippen molar-refractivity contribution in [1.82, 2.24) is 0 Å².